The molecule has 64 valence electrons. The molecule has 1 atom stereocenters. The lowest BCUT2D eigenvalue weighted by Gasteiger charge is -2.19. The number of ketones is 1. The molecule has 0 aliphatic rings. The lowest BCUT2D eigenvalue weighted by molar-refractivity contribution is -0.134. The molecule has 0 fully saturated rings. The zero-order chi connectivity index (χ0) is 9.19. The molecule has 0 aromatic carbocycles. The maximum atomic E-state index is 11.0. The van der Waals surface area contributed by atoms with Crippen molar-refractivity contribution in [3.05, 3.63) is 30.1 Å². The van der Waals surface area contributed by atoms with Crippen molar-refractivity contribution in [2.45, 2.75) is 19.4 Å². The molecule has 0 spiro atoms. The van der Waals surface area contributed by atoms with E-state index in [0.717, 1.165) is 0 Å². The smallest absolute Gasteiger partial charge is 0.165 e. The molecular formula is C9H11NO2. The van der Waals surface area contributed by atoms with Crippen LogP contribution in [0.2, 0.25) is 0 Å². The molecule has 1 aromatic rings. The summed E-state index contributed by atoms with van der Waals surface area (Å²) in [5.41, 5.74) is -0.883. The Morgan fingerprint density at radius 2 is 2.33 bits per heavy atom. The van der Waals surface area contributed by atoms with Crippen LogP contribution in [0.1, 0.15) is 19.4 Å². The summed E-state index contributed by atoms with van der Waals surface area (Å²) in [7, 11) is 0. The highest BCUT2D eigenvalue weighted by molar-refractivity contribution is 5.85. The van der Waals surface area contributed by atoms with Gasteiger partial charge in [-0.05, 0) is 19.9 Å². The Morgan fingerprint density at radius 1 is 1.67 bits per heavy atom. The van der Waals surface area contributed by atoms with E-state index in [2.05, 4.69) is 4.98 Å². The first kappa shape index (κ1) is 8.87. The van der Waals surface area contributed by atoms with Crippen LogP contribution in [0.25, 0.3) is 0 Å². The quantitative estimate of drug-likeness (QED) is 0.707. The van der Waals surface area contributed by atoms with E-state index in [-0.39, 0.29) is 5.78 Å². The fourth-order valence-electron chi connectivity index (χ4n) is 0.854. The predicted octanol–water partition coefficient (Wildman–Crippen LogP) is 0.878. The first-order valence-corrected chi connectivity index (χ1v) is 3.69. The van der Waals surface area contributed by atoms with Crippen molar-refractivity contribution < 1.29 is 9.90 Å². The van der Waals surface area contributed by atoms with Gasteiger partial charge in [0.15, 0.2) is 5.78 Å². The van der Waals surface area contributed by atoms with Crippen LogP contribution < -0.4 is 0 Å². The van der Waals surface area contributed by atoms with Gasteiger partial charge in [-0.2, -0.15) is 0 Å². The van der Waals surface area contributed by atoms with E-state index in [4.69, 9.17) is 0 Å². The molecule has 0 aliphatic heterocycles. The number of Topliss-reactive ketones (excluding diaryl/α,β-unsaturated/α-hetero) is 1. The number of aromatic nitrogens is 1. The molecule has 1 aromatic heterocycles. The first-order valence-electron chi connectivity index (χ1n) is 3.69. The molecule has 1 N–H and O–H groups in total. The SMILES string of the molecule is CC(=O)C(C)(O)c1cccnc1. The van der Waals surface area contributed by atoms with Crippen molar-refractivity contribution >= 4 is 5.78 Å². The normalized spacial score (nSPS) is 15.2. The Bertz CT molecular complexity index is 280. The van der Waals surface area contributed by atoms with E-state index >= 15 is 0 Å². The Kier molecular flexibility index (Phi) is 2.24. The first-order chi connectivity index (χ1) is 5.55. The third-order valence-corrected chi connectivity index (χ3v) is 1.91. The molecule has 0 radical (unpaired) electrons. The van der Waals surface area contributed by atoms with E-state index in [0.29, 0.717) is 5.56 Å². The van der Waals surface area contributed by atoms with Gasteiger partial charge in [0.1, 0.15) is 5.60 Å². The largest absolute Gasteiger partial charge is 0.378 e. The molecule has 0 bridgehead atoms. The van der Waals surface area contributed by atoms with Gasteiger partial charge < -0.3 is 5.11 Å². The average molecular weight is 165 g/mol. The number of carbonyl (C=O) groups excluding carboxylic acids is 1. The van der Waals surface area contributed by atoms with Gasteiger partial charge in [-0.15, -0.1) is 0 Å². The molecule has 0 amide bonds. The summed E-state index contributed by atoms with van der Waals surface area (Å²) < 4.78 is 0. The maximum absolute atomic E-state index is 11.0. The topological polar surface area (TPSA) is 50.2 Å². The lowest BCUT2D eigenvalue weighted by Crippen LogP contribution is -2.29. The van der Waals surface area contributed by atoms with E-state index in [1.807, 2.05) is 0 Å². The van der Waals surface area contributed by atoms with E-state index < -0.39 is 5.60 Å². The van der Waals surface area contributed by atoms with Crippen LogP contribution in [-0.2, 0) is 10.4 Å². The highest BCUT2D eigenvalue weighted by Crippen LogP contribution is 2.19. The van der Waals surface area contributed by atoms with Crippen molar-refractivity contribution in [3.63, 3.8) is 0 Å². The predicted molar refractivity (Wildman–Crippen MR) is 44.5 cm³/mol. The molecule has 1 heterocycles. The Labute approximate surface area is 71.1 Å². The van der Waals surface area contributed by atoms with E-state index in [1.165, 1.54) is 20.0 Å². The van der Waals surface area contributed by atoms with Gasteiger partial charge in [0.05, 0.1) is 0 Å². The second kappa shape index (κ2) is 3.03. The number of pyridine rings is 1. The fourth-order valence-corrected chi connectivity index (χ4v) is 0.854. The standard InChI is InChI=1S/C9H11NO2/c1-7(11)9(2,12)8-4-3-5-10-6-8/h3-6,12H,1-2H3. The van der Waals surface area contributed by atoms with Crippen LogP contribution in [0, 0.1) is 0 Å². The number of rotatable bonds is 2. The minimum Gasteiger partial charge on any atom is -0.378 e. The van der Waals surface area contributed by atoms with E-state index in [9.17, 15) is 9.90 Å². The second-order valence-corrected chi connectivity index (χ2v) is 2.87. The van der Waals surface area contributed by atoms with Crippen molar-refractivity contribution in [1.29, 1.82) is 0 Å². The Morgan fingerprint density at radius 3 is 2.75 bits per heavy atom. The van der Waals surface area contributed by atoms with Crippen LogP contribution >= 0.6 is 0 Å². The number of carbonyl (C=O) groups is 1. The molecule has 12 heavy (non-hydrogen) atoms. The summed E-state index contributed by atoms with van der Waals surface area (Å²) >= 11 is 0. The fraction of sp³-hybridized carbons (Fsp3) is 0.333. The van der Waals surface area contributed by atoms with Gasteiger partial charge in [0, 0.05) is 18.0 Å². The number of hydrogen-bond acceptors (Lipinski definition) is 3. The number of aliphatic hydroxyl groups is 1. The van der Waals surface area contributed by atoms with Crippen molar-refractivity contribution in [1.82, 2.24) is 4.98 Å². The Hall–Kier alpha value is -1.22. The average Bonchev–Trinajstić information content (AvgIpc) is 2.06. The van der Waals surface area contributed by atoms with Crippen LogP contribution in [0.4, 0.5) is 0 Å². The van der Waals surface area contributed by atoms with Gasteiger partial charge >= 0.3 is 0 Å². The van der Waals surface area contributed by atoms with Crippen molar-refractivity contribution in [2.24, 2.45) is 0 Å². The summed E-state index contributed by atoms with van der Waals surface area (Å²) in [6, 6.07) is 3.36. The third kappa shape index (κ3) is 1.51. The highest BCUT2D eigenvalue weighted by atomic mass is 16.3. The summed E-state index contributed by atoms with van der Waals surface area (Å²) in [6.45, 7) is 2.82. The Balaban J connectivity index is 3.06. The highest BCUT2D eigenvalue weighted by Gasteiger charge is 2.28. The molecule has 0 saturated heterocycles. The van der Waals surface area contributed by atoms with Crippen molar-refractivity contribution in [3.8, 4) is 0 Å². The minimum absolute atomic E-state index is 0.282. The maximum Gasteiger partial charge on any atom is 0.165 e. The zero-order valence-electron chi connectivity index (χ0n) is 7.11. The zero-order valence-corrected chi connectivity index (χ0v) is 7.11. The summed E-state index contributed by atoms with van der Waals surface area (Å²) in [6.07, 6.45) is 3.08. The van der Waals surface area contributed by atoms with Crippen LogP contribution in [0.3, 0.4) is 0 Å². The molecule has 3 nitrogen and oxygen atoms in total. The van der Waals surface area contributed by atoms with Crippen molar-refractivity contribution in [2.75, 3.05) is 0 Å². The minimum atomic E-state index is -1.41. The number of nitrogens with zero attached hydrogens (tertiary/aromatic N) is 1. The summed E-state index contributed by atoms with van der Waals surface area (Å²) in [5, 5.41) is 9.67. The monoisotopic (exact) mass is 165 g/mol. The molecule has 1 rings (SSSR count). The van der Waals surface area contributed by atoms with Crippen LogP contribution in [0.5, 0.6) is 0 Å². The van der Waals surface area contributed by atoms with Gasteiger partial charge in [-0.1, -0.05) is 6.07 Å². The van der Waals surface area contributed by atoms with Gasteiger partial charge in [-0.25, -0.2) is 0 Å². The lowest BCUT2D eigenvalue weighted by atomic mass is 9.94. The van der Waals surface area contributed by atoms with E-state index in [1.54, 1.807) is 18.3 Å². The van der Waals surface area contributed by atoms with Crippen LogP contribution in [0.15, 0.2) is 24.5 Å². The number of hydrogen-bond donors (Lipinski definition) is 1. The summed E-state index contributed by atoms with van der Waals surface area (Å²) in [4.78, 5) is 14.8. The van der Waals surface area contributed by atoms with Crippen LogP contribution in [-0.4, -0.2) is 15.9 Å². The molecular weight excluding hydrogens is 154 g/mol. The summed E-state index contributed by atoms with van der Waals surface area (Å²) in [5.74, 6) is -0.282. The molecule has 3 heteroatoms. The molecule has 0 aliphatic carbocycles. The van der Waals surface area contributed by atoms with Gasteiger partial charge in [-0.3, -0.25) is 9.78 Å². The van der Waals surface area contributed by atoms with Gasteiger partial charge in [0.2, 0.25) is 0 Å². The van der Waals surface area contributed by atoms with Gasteiger partial charge in [0.25, 0.3) is 0 Å². The molecule has 1 unspecified atom stereocenters. The molecule has 0 saturated carbocycles. The second-order valence-electron chi connectivity index (χ2n) is 2.87. The third-order valence-electron chi connectivity index (χ3n) is 1.91.